The lowest BCUT2D eigenvalue weighted by atomic mass is 9.93. The van der Waals surface area contributed by atoms with Gasteiger partial charge in [0.1, 0.15) is 24.7 Å². The molecule has 2 aliphatic carbocycles. The third kappa shape index (κ3) is 3.72. The number of anilines is 1. The van der Waals surface area contributed by atoms with Gasteiger partial charge in [0.2, 0.25) is 6.35 Å². The first-order valence-corrected chi connectivity index (χ1v) is 12.3. The summed E-state index contributed by atoms with van der Waals surface area (Å²) >= 11 is 1.01. The van der Waals surface area contributed by atoms with Crippen molar-refractivity contribution in [1.29, 1.82) is 5.26 Å². The summed E-state index contributed by atoms with van der Waals surface area (Å²) in [6, 6.07) is 2.38. The highest BCUT2D eigenvalue weighted by Gasteiger charge is 2.30. The molecule has 0 aliphatic heterocycles. The lowest BCUT2D eigenvalue weighted by Crippen LogP contribution is -2.23. The quantitative estimate of drug-likeness (QED) is 0.518. The minimum atomic E-state index is -3.40. The molecule has 0 spiro atoms. The van der Waals surface area contributed by atoms with Gasteiger partial charge in [-0.2, -0.15) is 9.62 Å². The van der Waals surface area contributed by atoms with E-state index in [9.17, 15) is 19.7 Å². The highest BCUT2D eigenvalue weighted by atomic mass is 32.2. The van der Waals surface area contributed by atoms with Gasteiger partial charge in [-0.1, -0.05) is 0 Å². The average molecular weight is 448 g/mol. The van der Waals surface area contributed by atoms with E-state index in [0.717, 1.165) is 83.4 Å². The number of fused-ring (bicyclic) bond motifs is 2. The van der Waals surface area contributed by atoms with Gasteiger partial charge in [-0.05, 0) is 74.6 Å². The molecular weight excluding hydrogens is 422 g/mol. The third-order valence-corrected chi connectivity index (χ3v) is 8.85. The van der Waals surface area contributed by atoms with Crippen molar-refractivity contribution in [3.8, 4) is 6.07 Å². The first-order valence-electron chi connectivity index (χ1n) is 9.88. The van der Waals surface area contributed by atoms with Crippen LogP contribution >= 0.6 is 11.3 Å². The van der Waals surface area contributed by atoms with Gasteiger partial charge < -0.3 is 15.5 Å². The Morgan fingerprint density at radius 1 is 1.27 bits per heavy atom. The third-order valence-electron chi connectivity index (χ3n) is 5.58. The van der Waals surface area contributed by atoms with Gasteiger partial charge in [0.05, 0.1) is 17.8 Å². The maximum atomic E-state index is 13.0. The van der Waals surface area contributed by atoms with Gasteiger partial charge in [0.25, 0.3) is 0 Å². The Morgan fingerprint density at radius 2 is 1.83 bits per heavy atom. The van der Waals surface area contributed by atoms with Crippen molar-refractivity contribution in [2.45, 2.75) is 68.5 Å². The van der Waals surface area contributed by atoms with Gasteiger partial charge in [0, 0.05) is 5.69 Å². The molecule has 2 aromatic rings. The van der Waals surface area contributed by atoms with E-state index >= 15 is 0 Å². The highest BCUT2D eigenvalue weighted by molar-refractivity contribution is 7.93. The molecule has 5 N–H and O–H groups in total. The Balaban J connectivity index is 1.68. The Bertz CT molecular complexity index is 1130. The van der Waals surface area contributed by atoms with Crippen LogP contribution in [0.3, 0.4) is 0 Å². The van der Waals surface area contributed by atoms with Crippen molar-refractivity contribution in [2.24, 2.45) is 9.50 Å². The summed E-state index contributed by atoms with van der Waals surface area (Å²) in [7, 11) is -3.40. The second-order valence-electron chi connectivity index (χ2n) is 8.22. The number of aromatic nitrogens is 1. The number of aliphatic hydroxyl groups is 2. The van der Waals surface area contributed by atoms with Gasteiger partial charge in [-0.25, -0.2) is 14.3 Å². The van der Waals surface area contributed by atoms with Gasteiger partial charge >= 0.3 is 0 Å². The average Bonchev–Trinajstić information content (AvgIpc) is 3.40. The topological polar surface area (TPSA) is 145 Å². The van der Waals surface area contributed by atoms with E-state index in [1.165, 1.54) is 6.20 Å². The number of benzene rings is 1. The van der Waals surface area contributed by atoms with Crippen LogP contribution in [0.1, 0.15) is 59.5 Å². The molecule has 0 amide bonds. The smallest absolute Gasteiger partial charge is 0.233 e. The van der Waals surface area contributed by atoms with E-state index < -0.39 is 21.9 Å². The molecule has 10 heteroatoms. The molecular formula is C20H25N5O3S2. The molecule has 160 valence electrons. The SMILES string of the molecule is CC(C)(O)c1ncc([S@](N)(=O)=NC(O)Nc2c3c(c(C#N)c4c2CCC4)CCC3)s1. The first-order chi connectivity index (χ1) is 14.1. The summed E-state index contributed by atoms with van der Waals surface area (Å²) in [5.41, 5.74) is 4.62. The minimum absolute atomic E-state index is 0.191. The molecule has 0 fully saturated rings. The van der Waals surface area contributed by atoms with Gasteiger partial charge in [-0.3, -0.25) is 0 Å². The van der Waals surface area contributed by atoms with E-state index in [2.05, 4.69) is 20.7 Å². The summed E-state index contributed by atoms with van der Waals surface area (Å²) < 4.78 is 17.1. The molecule has 0 radical (unpaired) electrons. The standard InChI is InChI=1S/C20H25N5O3S2/c1-20(2,27)18-23-10-16(29-18)30(22,28)25-19(26)24-17-13-7-3-5-11(13)15(9-21)12-6-4-8-14(12)17/h10,19,24,26-27H,3-8H2,1-2H3,(H2,22,25,28)/t19?,30-/m1/s1. The number of nitrogens with two attached hydrogens (primary N) is 1. The van der Waals surface area contributed by atoms with Crippen molar-refractivity contribution in [2.75, 3.05) is 5.32 Å². The van der Waals surface area contributed by atoms with E-state index in [1.807, 2.05) is 0 Å². The predicted molar refractivity (Wildman–Crippen MR) is 115 cm³/mol. The number of nitrogens with zero attached hydrogens (tertiary/aromatic N) is 3. The van der Waals surface area contributed by atoms with Crippen LogP contribution in [0, 0.1) is 11.3 Å². The molecule has 2 atom stereocenters. The number of aliphatic hydroxyl groups excluding tert-OH is 1. The second-order valence-corrected chi connectivity index (χ2v) is 11.3. The Kier molecular flexibility index (Phi) is 5.36. The largest absolute Gasteiger partial charge is 0.383 e. The second kappa shape index (κ2) is 7.59. The summed E-state index contributed by atoms with van der Waals surface area (Å²) in [5.74, 6) is 0. The summed E-state index contributed by atoms with van der Waals surface area (Å²) in [5, 5.41) is 39.6. The van der Waals surface area contributed by atoms with Crippen LogP contribution in [0.4, 0.5) is 5.69 Å². The molecule has 0 bridgehead atoms. The zero-order valence-corrected chi connectivity index (χ0v) is 18.6. The lowest BCUT2D eigenvalue weighted by molar-refractivity contribution is 0.0783. The van der Waals surface area contributed by atoms with Crippen LogP contribution in [0.5, 0.6) is 0 Å². The zero-order valence-electron chi connectivity index (χ0n) is 16.9. The first kappa shape index (κ1) is 21.2. The molecule has 0 saturated heterocycles. The number of rotatable bonds is 5. The van der Waals surface area contributed by atoms with Crippen LogP contribution in [-0.4, -0.2) is 25.8 Å². The van der Waals surface area contributed by atoms with E-state index in [-0.39, 0.29) is 4.21 Å². The molecule has 4 rings (SSSR count). The Labute approximate surface area is 180 Å². The fraction of sp³-hybridized carbons (Fsp3) is 0.500. The van der Waals surface area contributed by atoms with Crippen LogP contribution in [0.2, 0.25) is 0 Å². The normalized spacial score (nSPS) is 18.3. The van der Waals surface area contributed by atoms with Crippen molar-refractivity contribution in [3.05, 3.63) is 39.0 Å². The van der Waals surface area contributed by atoms with Gasteiger partial charge in [0.15, 0.2) is 0 Å². The Hall–Kier alpha value is -2.03. The predicted octanol–water partition coefficient (Wildman–Crippen LogP) is 2.31. The van der Waals surface area contributed by atoms with Crippen LogP contribution in [-0.2, 0) is 41.2 Å². The monoisotopic (exact) mass is 447 g/mol. The number of thiazole rings is 1. The van der Waals surface area contributed by atoms with Crippen LogP contribution < -0.4 is 10.5 Å². The van der Waals surface area contributed by atoms with Crippen molar-refractivity contribution in [3.63, 3.8) is 0 Å². The van der Waals surface area contributed by atoms with E-state index in [0.29, 0.717) is 5.01 Å². The molecule has 30 heavy (non-hydrogen) atoms. The lowest BCUT2D eigenvalue weighted by Gasteiger charge is -2.20. The molecule has 0 saturated carbocycles. The Morgan fingerprint density at radius 3 is 2.33 bits per heavy atom. The molecule has 1 aromatic heterocycles. The minimum Gasteiger partial charge on any atom is -0.383 e. The van der Waals surface area contributed by atoms with Crippen LogP contribution in [0.15, 0.2) is 14.8 Å². The molecule has 1 heterocycles. The van der Waals surface area contributed by atoms with E-state index in [4.69, 9.17) is 5.14 Å². The molecule has 2 aliphatic rings. The summed E-state index contributed by atoms with van der Waals surface area (Å²) in [4.78, 5) is 4.08. The number of nitrogens with one attached hydrogen (secondary N) is 1. The highest BCUT2D eigenvalue weighted by Crippen LogP contribution is 2.41. The molecule has 1 unspecified atom stereocenters. The summed E-state index contributed by atoms with van der Waals surface area (Å²) in [6.07, 6.45) is 5.13. The molecule has 8 nitrogen and oxygen atoms in total. The number of hydrogen-bond acceptors (Lipinski definition) is 8. The van der Waals surface area contributed by atoms with Crippen molar-refractivity contribution in [1.82, 2.24) is 4.98 Å². The fourth-order valence-electron chi connectivity index (χ4n) is 4.30. The zero-order chi connectivity index (χ0) is 21.7. The molecule has 1 aromatic carbocycles. The maximum Gasteiger partial charge on any atom is 0.233 e. The number of nitriles is 1. The van der Waals surface area contributed by atoms with Crippen molar-refractivity contribution >= 4 is 26.9 Å². The maximum absolute atomic E-state index is 13.0. The summed E-state index contributed by atoms with van der Waals surface area (Å²) in [6.45, 7) is 3.15. The van der Waals surface area contributed by atoms with Gasteiger partial charge in [-0.15, -0.1) is 11.3 Å². The van der Waals surface area contributed by atoms with Crippen LogP contribution in [0.25, 0.3) is 0 Å². The van der Waals surface area contributed by atoms with E-state index in [1.54, 1.807) is 13.8 Å². The fourth-order valence-corrected chi connectivity index (χ4v) is 6.45. The van der Waals surface area contributed by atoms with Crippen molar-refractivity contribution < 1.29 is 14.4 Å². The number of hydrogen-bond donors (Lipinski definition) is 4.